The summed E-state index contributed by atoms with van der Waals surface area (Å²) in [6.07, 6.45) is 1.12. The molecule has 4 rings (SSSR count). The Hall–Kier alpha value is -2.33. The Morgan fingerprint density at radius 2 is 2.00 bits per heavy atom. The number of aromatic nitrogens is 2. The second-order valence-corrected chi connectivity index (χ2v) is 7.09. The molecule has 0 unspecified atom stereocenters. The summed E-state index contributed by atoms with van der Waals surface area (Å²) in [4.78, 5) is 7.26. The van der Waals surface area contributed by atoms with Crippen LogP contribution in [-0.4, -0.2) is 16.1 Å². The molecule has 0 radical (unpaired) electrons. The smallest absolute Gasteiger partial charge is 0.129 e. The number of fused-ring (bicyclic) bond motifs is 2. The maximum absolute atomic E-state index is 4.84. The second-order valence-electron chi connectivity index (χ2n) is 6.14. The monoisotopic (exact) mass is 335 g/mol. The van der Waals surface area contributed by atoms with Gasteiger partial charge in [0.15, 0.2) is 0 Å². The van der Waals surface area contributed by atoms with Crippen LogP contribution in [0.3, 0.4) is 0 Å². The maximum atomic E-state index is 4.84. The van der Waals surface area contributed by atoms with E-state index in [4.69, 9.17) is 4.98 Å². The van der Waals surface area contributed by atoms with E-state index < -0.39 is 0 Å². The first-order valence-corrected chi connectivity index (χ1v) is 9.27. The zero-order valence-electron chi connectivity index (χ0n) is 14.1. The first kappa shape index (κ1) is 15.2. The quantitative estimate of drug-likeness (QED) is 0.499. The molecule has 122 valence electrons. The molecule has 2 aromatic carbocycles. The molecule has 0 saturated carbocycles. The predicted molar refractivity (Wildman–Crippen MR) is 104 cm³/mol. The first-order chi connectivity index (χ1) is 11.8. The van der Waals surface area contributed by atoms with Crippen LogP contribution in [-0.2, 0) is 13.6 Å². The van der Waals surface area contributed by atoms with Gasteiger partial charge in [0.25, 0.3) is 0 Å². The molecule has 2 heterocycles. The highest BCUT2D eigenvalue weighted by Crippen LogP contribution is 2.27. The molecule has 0 aliphatic carbocycles. The zero-order valence-corrected chi connectivity index (χ0v) is 14.9. The number of rotatable bonds is 5. The molecule has 4 heteroatoms. The topological polar surface area (TPSA) is 21.1 Å². The molecule has 0 amide bonds. The van der Waals surface area contributed by atoms with Crippen LogP contribution in [0.25, 0.3) is 21.1 Å². The zero-order chi connectivity index (χ0) is 16.5. The summed E-state index contributed by atoms with van der Waals surface area (Å²) < 4.78 is 3.55. The largest absolute Gasteiger partial charge is 0.364 e. The minimum Gasteiger partial charge on any atom is -0.364 e. The van der Waals surface area contributed by atoms with Gasteiger partial charge >= 0.3 is 0 Å². The lowest BCUT2D eigenvalue weighted by molar-refractivity contribution is 0.710. The standard InChI is InChI=1S/C20H21N3S/c1-3-11-23(16-8-9-19-15(13-16)10-12-24-19)14-20-21-17-6-4-5-7-18(17)22(20)2/h4-10,12-13H,3,11,14H2,1-2H3. The van der Waals surface area contributed by atoms with Crippen molar-refractivity contribution >= 4 is 38.1 Å². The minimum absolute atomic E-state index is 0.828. The SMILES string of the molecule is CCCN(Cc1nc2ccccc2n1C)c1ccc2sccc2c1. The molecule has 4 aromatic rings. The number of aryl methyl sites for hydroxylation is 1. The molecule has 0 aliphatic heterocycles. The molecule has 0 spiro atoms. The van der Waals surface area contributed by atoms with Crippen molar-refractivity contribution < 1.29 is 0 Å². The summed E-state index contributed by atoms with van der Waals surface area (Å²) in [6, 6.07) is 17.3. The van der Waals surface area contributed by atoms with Crippen molar-refractivity contribution in [1.82, 2.24) is 9.55 Å². The van der Waals surface area contributed by atoms with Crippen LogP contribution in [0, 0.1) is 0 Å². The number of hydrogen-bond acceptors (Lipinski definition) is 3. The fraction of sp³-hybridized carbons (Fsp3) is 0.250. The van der Waals surface area contributed by atoms with Crippen LogP contribution < -0.4 is 4.90 Å². The van der Waals surface area contributed by atoms with E-state index >= 15 is 0 Å². The molecular formula is C20H21N3S. The van der Waals surface area contributed by atoms with E-state index in [9.17, 15) is 0 Å². The molecule has 0 N–H and O–H groups in total. The molecule has 0 aliphatic rings. The van der Waals surface area contributed by atoms with Crippen molar-refractivity contribution in [2.45, 2.75) is 19.9 Å². The van der Waals surface area contributed by atoms with Gasteiger partial charge in [0.1, 0.15) is 5.82 Å². The van der Waals surface area contributed by atoms with Crippen LogP contribution in [0.2, 0.25) is 0 Å². The highest BCUT2D eigenvalue weighted by molar-refractivity contribution is 7.17. The van der Waals surface area contributed by atoms with Gasteiger partial charge in [-0.3, -0.25) is 0 Å². The Morgan fingerprint density at radius 1 is 1.12 bits per heavy atom. The van der Waals surface area contributed by atoms with Gasteiger partial charge in [-0.1, -0.05) is 19.1 Å². The molecule has 2 aromatic heterocycles. The van der Waals surface area contributed by atoms with Crippen molar-refractivity contribution in [3.8, 4) is 0 Å². The van der Waals surface area contributed by atoms with Crippen LogP contribution in [0.1, 0.15) is 19.2 Å². The van der Waals surface area contributed by atoms with E-state index in [-0.39, 0.29) is 0 Å². The number of imidazole rings is 1. The first-order valence-electron chi connectivity index (χ1n) is 8.39. The molecular weight excluding hydrogens is 314 g/mol. The summed E-state index contributed by atoms with van der Waals surface area (Å²) in [7, 11) is 2.11. The summed E-state index contributed by atoms with van der Waals surface area (Å²) in [5.41, 5.74) is 3.53. The summed E-state index contributed by atoms with van der Waals surface area (Å²) in [5.74, 6) is 1.11. The van der Waals surface area contributed by atoms with E-state index in [0.29, 0.717) is 0 Å². The molecule has 24 heavy (non-hydrogen) atoms. The lowest BCUT2D eigenvalue weighted by atomic mass is 10.2. The summed E-state index contributed by atoms with van der Waals surface area (Å²) >= 11 is 1.80. The van der Waals surface area contributed by atoms with E-state index in [1.54, 1.807) is 11.3 Å². The van der Waals surface area contributed by atoms with E-state index in [2.05, 4.69) is 71.3 Å². The van der Waals surface area contributed by atoms with Gasteiger partial charge in [0, 0.05) is 24.0 Å². The van der Waals surface area contributed by atoms with E-state index in [0.717, 1.165) is 30.9 Å². The van der Waals surface area contributed by atoms with Gasteiger partial charge in [0.05, 0.1) is 17.6 Å². The van der Waals surface area contributed by atoms with E-state index in [1.165, 1.54) is 21.3 Å². The lowest BCUT2D eigenvalue weighted by Crippen LogP contribution is -2.25. The average molecular weight is 335 g/mol. The number of anilines is 1. The lowest BCUT2D eigenvalue weighted by Gasteiger charge is -2.24. The summed E-state index contributed by atoms with van der Waals surface area (Å²) in [6.45, 7) is 4.08. The van der Waals surface area contributed by atoms with Gasteiger partial charge in [-0.2, -0.15) is 0 Å². The fourth-order valence-electron chi connectivity index (χ4n) is 3.23. The fourth-order valence-corrected chi connectivity index (χ4v) is 4.00. The highest BCUT2D eigenvalue weighted by Gasteiger charge is 2.13. The molecule has 0 fully saturated rings. The number of nitrogens with zero attached hydrogens (tertiary/aromatic N) is 3. The Morgan fingerprint density at radius 3 is 2.83 bits per heavy atom. The van der Waals surface area contributed by atoms with Crippen molar-refractivity contribution in [1.29, 1.82) is 0 Å². The number of hydrogen-bond donors (Lipinski definition) is 0. The normalized spacial score (nSPS) is 11.4. The van der Waals surface area contributed by atoms with Gasteiger partial charge in [0.2, 0.25) is 0 Å². The highest BCUT2D eigenvalue weighted by atomic mass is 32.1. The average Bonchev–Trinajstić information content (AvgIpc) is 3.19. The third-order valence-corrected chi connectivity index (χ3v) is 5.40. The van der Waals surface area contributed by atoms with Gasteiger partial charge < -0.3 is 9.47 Å². The van der Waals surface area contributed by atoms with Crippen molar-refractivity contribution in [2.75, 3.05) is 11.4 Å². The van der Waals surface area contributed by atoms with E-state index in [1.807, 2.05) is 6.07 Å². The maximum Gasteiger partial charge on any atom is 0.129 e. The third kappa shape index (κ3) is 2.67. The van der Waals surface area contributed by atoms with Gasteiger partial charge in [-0.15, -0.1) is 11.3 Å². The molecule has 3 nitrogen and oxygen atoms in total. The van der Waals surface area contributed by atoms with Crippen LogP contribution in [0.4, 0.5) is 5.69 Å². The van der Waals surface area contributed by atoms with Crippen LogP contribution in [0.15, 0.2) is 53.9 Å². The molecule has 0 saturated heterocycles. The molecule has 0 bridgehead atoms. The Kier molecular flexibility index (Phi) is 3.98. The second kappa shape index (κ2) is 6.29. The number of thiophene rings is 1. The van der Waals surface area contributed by atoms with Crippen molar-refractivity contribution in [3.05, 3.63) is 59.7 Å². The van der Waals surface area contributed by atoms with Crippen molar-refractivity contribution in [3.63, 3.8) is 0 Å². The predicted octanol–water partition coefficient (Wildman–Crippen LogP) is 5.20. The minimum atomic E-state index is 0.828. The Bertz CT molecular complexity index is 983. The van der Waals surface area contributed by atoms with Crippen molar-refractivity contribution in [2.24, 2.45) is 7.05 Å². The van der Waals surface area contributed by atoms with Crippen LogP contribution in [0.5, 0.6) is 0 Å². The third-order valence-electron chi connectivity index (χ3n) is 4.51. The van der Waals surface area contributed by atoms with Gasteiger partial charge in [-0.25, -0.2) is 4.98 Å². The van der Waals surface area contributed by atoms with Crippen LogP contribution >= 0.6 is 11.3 Å². The Balaban J connectivity index is 1.70. The van der Waals surface area contributed by atoms with Gasteiger partial charge in [-0.05, 0) is 53.6 Å². The number of benzene rings is 2. The number of para-hydroxylation sites is 2. The Labute approximate surface area is 146 Å². The summed E-state index contributed by atoms with van der Waals surface area (Å²) in [5, 5.41) is 3.48. The molecule has 0 atom stereocenters.